The number of nitrogens with zero attached hydrogens (tertiary/aromatic N) is 2. The van der Waals surface area contributed by atoms with Gasteiger partial charge >= 0.3 is 0 Å². The lowest BCUT2D eigenvalue weighted by Gasteiger charge is -2.33. The van der Waals surface area contributed by atoms with Crippen LogP contribution in [-0.4, -0.2) is 27.7 Å². The van der Waals surface area contributed by atoms with Gasteiger partial charge in [-0.1, -0.05) is 19.1 Å². The molecule has 1 fully saturated rings. The summed E-state index contributed by atoms with van der Waals surface area (Å²) < 4.78 is 2.22. The minimum absolute atomic E-state index is 0.375. The Morgan fingerprint density at radius 3 is 2.81 bits per heavy atom. The fraction of sp³-hybridized carbons (Fsp3) is 0.588. The van der Waals surface area contributed by atoms with E-state index >= 15 is 0 Å². The van der Waals surface area contributed by atoms with Gasteiger partial charge in [0, 0.05) is 32.0 Å². The van der Waals surface area contributed by atoms with E-state index in [9.17, 15) is 0 Å². The van der Waals surface area contributed by atoms with Crippen molar-refractivity contribution in [1.29, 1.82) is 0 Å². The molecular formula is C17H27N3S. The third kappa shape index (κ3) is 4.10. The third-order valence-electron chi connectivity index (χ3n) is 4.30. The van der Waals surface area contributed by atoms with E-state index in [2.05, 4.69) is 53.7 Å². The average Bonchev–Trinajstić information content (AvgIpc) is 2.75. The van der Waals surface area contributed by atoms with Crippen LogP contribution in [0.3, 0.4) is 0 Å². The fourth-order valence-electron chi connectivity index (χ4n) is 2.96. The second-order valence-electron chi connectivity index (χ2n) is 6.34. The number of likely N-dealkylation sites (tertiary alicyclic amines) is 1. The van der Waals surface area contributed by atoms with Gasteiger partial charge in [-0.2, -0.15) is 0 Å². The summed E-state index contributed by atoms with van der Waals surface area (Å²) in [6.07, 6.45) is 5.74. The highest BCUT2D eigenvalue weighted by Crippen LogP contribution is 2.32. The maximum atomic E-state index is 5.65. The van der Waals surface area contributed by atoms with Gasteiger partial charge in [0.05, 0.1) is 6.04 Å². The van der Waals surface area contributed by atoms with E-state index in [1.807, 2.05) is 6.92 Å². The van der Waals surface area contributed by atoms with E-state index in [0.717, 1.165) is 36.1 Å². The maximum absolute atomic E-state index is 5.65. The van der Waals surface area contributed by atoms with E-state index in [1.165, 1.54) is 18.5 Å². The van der Waals surface area contributed by atoms with Gasteiger partial charge in [-0.25, -0.2) is 0 Å². The minimum Gasteiger partial charge on any atom is -0.359 e. The lowest BCUT2D eigenvalue weighted by Crippen LogP contribution is -2.43. The van der Waals surface area contributed by atoms with Crippen LogP contribution in [0.4, 0.5) is 0 Å². The Bertz CT molecular complexity index is 506. The first-order chi connectivity index (χ1) is 9.99. The zero-order chi connectivity index (χ0) is 15.4. The Kier molecular flexibility index (Phi) is 5.45. The van der Waals surface area contributed by atoms with Crippen LogP contribution in [0.15, 0.2) is 30.5 Å². The fourth-order valence-corrected chi connectivity index (χ4v) is 3.25. The van der Waals surface area contributed by atoms with E-state index in [1.54, 1.807) is 0 Å². The summed E-state index contributed by atoms with van der Waals surface area (Å²) >= 11 is 5.65. The summed E-state index contributed by atoms with van der Waals surface area (Å²) in [5.41, 5.74) is 2.46. The van der Waals surface area contributed by atoms with Crippen molar-refractivity contribution in [2.45, 2.75) is 39.2 Å². The van der Waals surface area contributed by atoms with Crippen molar-refractivity contribution >= 4 is 17.3 Å². The summed E-state index contributed by atoms with van der Waals surface area (Å²) in [5, 5.41) is 4.21. The van der Waals surface area contributed by atoms with Crippen LogP contribution in [0.2, 0.25) is 0 Å². The molecule has 0 saturated carbocycles. The summed E-state index contributed by atoms with van der Waals surface area (Å²) in [7, 11) is 2.12. The lowest BCUT2D eigenvalue weighted by molar-refractivity contribution is 0.306. The van der Waals surface area contributed by atoms with E-state index < -0.39 is 0 Å². The van der Waals surface area contributed by atoms with Gasteiger partial charge in [-0.05, 0) is 56.5 Å². The lowest BCUT2D eigenvalue weighted by atomic mass is 10.0. The molecule has 0 bridgehead atoms. The molecule has 4 heteroatoms. The molecule has 0 aromatic carbocycles. The molecule has 2 heterocycles. The molecule has 0 unspecified atom stereocenters. The number of hydrogen-bond acceptors (Lipinski definition) is 1. The molecule has 2 atom stereocenters. The number of nitrogens with one attached hydrogen (secondary N) is 1. The smallest absolute Gasteiger partial charge is 0.169 e. The molecule has 0 amide bonds. The van der Waals surface area contributed by atoms with Crippen LogP contribution in [-0.2, 0) is 7.05 Å². The molecule has 1 saturated heterocycles. The first-order valence-corrected chi connectivity index (χ1v) is 8.20. The molecular weight excluding hydrogens is 278 g/mol. The highest BCUT2D eigenvalue weighted by Gasteiger charge is 2.28. The largest absolute Gasteiger partial charge is 0.359 e. The van der Waals surface area contributed by atoms with Crippen molar-refractivity contribution in [2.75, 3.05) is 13.1 Å². The molecule has 0 spiro atoms. The van der Waals surface area contributed by atoms with Crippen molar-refractivity contribution in [2.24, 2.45) is 13.0 Å². The molecule has 3 nitrogen and oxygen atoms in total. The molecule has 1 aromatic rings. The van der Waals surface area contributed by atoms with Gasteiger partial charge in [0.2, 0.25) is 0 Å². The first-order valence-electron chi connectivity index (χ1n) is 7.79. The molecule has 1 aliphatic heterocycles. The van der Waals surface area contributed by atoms with Crippen LogP contribution in [0.25, 0.3) is 0 Å². The first kappa shape index (κ1) is 16.1. The van der Waals surface area contributed by atoms with Crippen LogP contribution < -0.4 is 5.32 Å². The second-order valence-corrected chi connectivity index (χ2v) is 6.73. The molecule has 1 aliphatic rings. The van der Waals surface area contributed by atoms with Crippen molar-refractivity contribution in [3.05, 3.63) is 36.2 Å². The molecule has 116 valence electrons. The summed E-state index contributed by atoms with van der Waals surface area (Å²) in [5.74, 6) is 0.765. The van der Waals surface area contributed by atoms with Crippen LogP contribution in [0.5, 0.6) is 0 Å². The number of rotatable bonds is 3. The van der Waals surface area contributed by atoms with Gasteiger partial charge in [0.25, 0.3) is 0 Å². The molecule has 2 rings (SSSR count). The van der Waals surface area contributed by atoms with E-state index in [0.29, 0.717) is 6.04 Å². The number of aromatic nitrogens is 1. The van der Waals surface area contributed by atoms with Gasteiger partial charge in [0.15, 0.2) is 5.11 Å². The molecule has 21 heavy (non-hydrogen) atoms. The normalized spacial score (nSPS) is 22.7. The molecule has 0 radical (unpaired) electrons. The molecule has 0 aliphatic carbocycles. The van der Waals surface area contributed by atoms with Crippen molar-refractivity contribution in [3.8, 4) is 0 Å². The quantitative estimate of drug-likeness (QED) is 0.680. The Morgan fingerprint density at radius 1 is 1.43 bits per heavy atom. The third-order valence-corrected chi connectivity index (χ3v) is 4.68. The standard InChI is InChI=1S/C17H27N3S/c1-13(2)12-18-17(21)20-11-9-14(3)7-8-16(20)15-6-5-10-19(15)4/h5-6,10,14,16H,1,7-9,11-12H2,2-4H3,(H,18,21)/t14-,16-/m1/s1. The highest BCUT2D eigenvalue weighted by atomic mass is 32.1. The Labute approximate surface area is 134 Å². The predicted molar refractivity (Wildman–Crippen MR) is 93.3 cm³/mol. The number of hydrogen-bond donors (Lipinski definition) is 1. The SMILES string of the molecule is C=C(C)CNC(=S)N1CC[C@H](C)CC[C@@H]1c1cccn1C. The van der Waals surface area contributed by atoms with Crippen LogP contribution in [0, 0.1) is 5.92 Å². The molecule has 1 N–H and O–H groups in total. The van der Waals surface area contributed by atoms with Gasteiger partial charge < -0.3 is 14.8 Å². The highest BCUT2D eigenvalue weighted by molar-refractivity contribution is 7.80. The zero-order valence-corrected chi connectivity index (χ0v) is 14.2. The molecule has 1 aromatic heterocycles. The maximum Gasteiger partial charge on any atom is 0.169 e. The Hall–Kier alpha value is -1.29. The van der Waals surface area contributed by atoms with Gasteiger partial charge in [-0.3, -0.25) is 0 Å². The number of aryl methyl sites for hydroxylation is 1. The Morgan fingerprint density at radius 2 is 2.19 bits per heavy atom. The number of thiocarbonyl (C=S) groups is 1. The Balaban J connectivity index is 2.18. The van der Waals surface area contributed by atoms with E-state index in [-0.39, 0.29) is 0 Å². The predicted octanol–water partition coefficient (Wildman–Crippen LogP) is 3.64. The van der Waals surface area contributed by atoms with Crippen molar-refractivity contribution < 1.29 is 0 Å². The summed E-state index contributed by atoms with van der Waals surface area (Å²) in [4.78, 5) is 2.37. The van der Waals surface area contributed by atoms with Crippen LogP contribution >= 0.6 is 12.2 Å². The minimum atomic E-state index is 0.375. The van der Waals surface area contributed by atoms with Crippen LogP contribution in [0.1, 0.15) is 44.8 Å². The summed E-state index contributed by atoms with van der Waals surface area (Å²) in [6.45, 7) is 10.1. The van der Waals surface area contributed by atoms with Crippen molar-refractivity contribution in [1.82, 2.24) is 14.8 Å². The van der Waals surface area contributed by atoms with E-state index in [4.69, 9.17) is 12.2 Å². The topological polar surface area (TPSA) is 20.2 Å². The average molecular weight is 305 g/mol. The van der Waals surface area contributed by atoms with Gasteiger partial charge in [0.1, 0.15) is 0 Å². The van der Waals surface area contributed by atoms with Crippen molar-refractivity contribution in [3.63, 3.8) is 0 Å². The second kappa shape index (κ2) is 7.12. The zero-order valence-electron chi connectivity index (χ0n) is 13.4. The van der Waals surface area contributed by atoms with Gasteiger partial charge in [-0.15, -0.1) is 0 Å². The summed E-state index contributed by atoms with van der Waals surface area (Å²) in [6, 6.07) is 4.71. The monoisotopic (exact) mass is 305 g/mol.